The van der Waals surface area contributed by atoms with Crippen molar-refractivity contribution >= 4 is 17.3 Å². The SMILES string of the molecule is CNC(=O)CN(C)c1cccc2c1NCCC2. The van der Waals surface area contributed by atoms with Gasteiger partial charge in [0.05, 0.1) is 17.9 Å². The summed E-state index contributed by atoms with van der Waals surface area (Å²) in [6.07, 6.45) is 2.29. The molecular formula is C13H19N3O. The van der Waals surface area contributed by atoms with Gasteiger partial charge in [-0.3, -0.25) is 4.79 Å². The van der Waals surface area contributed by atoms with Gasteiger partial charge in [0.2, 0.25) is 5.91 Å². The minimum Gasteiger partial charge on any atom is -0.383 e. The molecule has 0 radical (unpaired) electrons. The Morgan fingerprint density at radius 2 is 2.35 bits per heavy atom. The molecular weight excluding hydrogens is 214 g/mol. The fourth-order valence-electron chi connectivity index (χ4n) is 2.19. The van der Waals surface area contributed by atoms with Crippen molar-refractivity contribution in [2.45, 2.75) is 12.8 Å². The molecule has 0 saturated heterocycles. The summed E-state index contributed by atoms with van der Waals surface area (Å²) in [5, 5.41) is 6.07. The number of nitrogens with one attached hydrogen (secondary N) is 2. The molecule has 0 aromatic heterocycles. The molecule has 1 amide bonds. The molecule has 1 aromatic carbocycles. The molecule has 1 aliphatic heterocycles. The summed E-state index contributed by atoms with van der Waals surface area (Å²) < 4.78 is 0. The summed E-state index contributed by atoms with van der Waals surface area (Å²) >= 11 is 0. The second-order valence-corrected chi connectivity index (χ2v) is 4.37. The van der Waals surface area contributed by atoms with Crippen LogP contribution in [0.5, 0.6) is 0 Å². The van der Waals surface area contributed by atoms with Crippen molar-refractivity contribution in [3.8, 4) is 0 Å². The molecule has 1 aromatic rings. The first kappa shape index (κ1) is 11.8. The van der Waals surface area contributed by atoms with Crippen molar-refractivity contribution < 1.29 is 4.79 Å². The average molecular weight is 233 g/mol. The fraction of sp³-hybridized carbons (Fsp3) is 0.462. The molecule has 92 valence electrons. The lowest BCUT2D eigenvalue weighted by Gasteiger charge is -2.26. The van der Waals surface area contributed by atoms with E-state index in [0.29, 0.717) is 6.54 Å². The Morgan fingerprint density at radius 3 is 3.12 bits per heavy atom. The van der Waals surface area contributed by atoms with Gasteiger partial charge in [0.25, 0.3) is 0 Å². The van der Waals surface area contributed by atoms with E-state index in [-0.39, 0.29) is 5.91 Å². The van der Waals surface area contributed by atoms with Crippen LogP contribution in [0, 0.1) is 0 Å². The summed E-state index contributed by atoms with van der Waals surface area (Å²) in [6, 6.07) is 6.26. The number of likely N-dealkylation sites (N-methyl/N-ethyl adjacent to an activating group) is 2. The van der Waals surface area contributed by atoms with Crippen molar-refractivity contribution in [1.82, 2.24) is 5.32 Å². The first-order valence-corrected chi connectivity index (χ1v) is 6.00. The number of carbonyl (C=O) groups is 1. The minimum absolute atomic E-state index is 0.0286. The van der Waals surface area contributed by atoms with E-state index in [9.17, 15) is 4.79 Å². The summed E-state index contributed by atoms with van der Waals surface area (Å²) in [7, 11) is 3.61. The van der Waals surface area contributed by atoms with Crippen molar-refractivity contribution in [2.75, 3.05) is 37.4 Å². The van der Waals surface area contributed by atoms with Crippen LogP contribution in [0.25, 0.3) is 0 Å². The topological polar surface area (TPSA) is 44.4 Å². The molecule has 0 fully saturated rings. The van der Waals surface area contributed by atoms with Crippen LogP contribution in [0.15, 0.2) is 18.2 Å². The molecule has 0 aliphatic carbocycles. The molecule has 2 N–H and O–H groups in total. The maximum absolute atomic E-state index is 11.4. The standard InChI is InChI=1S/C13H19N3O/c1-14-12(17)9-16(2)11-7-3-5-10-6-4-8-15-13(10)11/h3,5,7,15H,4,6,8-9H2,1-2H3,(H,14,17). The summed E-state index contributed by atoms with van der Waals surface area (Å²) in [6.45, 7) is 1.40. The average Bonchev–Trinajstić information content (AvgIpc) is 2.37. The fourth-order valence-corrected chi connectivity index (χ4v) is 2.19. The summed E-state index contributed by atoms with van der Waals surface area (Å²) in [5.74, 6) is 0.0286. The number of benzene rings is 1. The molecule has 0 atom stereocenters. The van der Waals surface area contributed by atoms with E-state index >= 15 is 0 Å². The summed E-state index contributed by atoms with van der Waals surface area (Å²) in [4.78, 5) is 13.4. The number of hydrogen-bond donors (Lipinski definition) is 2. The molecule has 0 bridgehead atoms. The zero-order valence-corrected chi connectivity index (χ0v) is 10.4. The van der Waals surface area contributed by atoms with E-state index in [1.165, 1.54) is 17.7 Å². The molecule has 1 heterocycles. The number of carbonyl (C=O) groups excluding carboxylic acids is 1. The Morgan fingerprint density at radius 1 is 1.53 bits per heavy atom. The second kappa shape index (κ2) is 5.08. The van der Waals surface area contributed by atoms with Gasteiger partial charge in [0.15, 0.2) is 0 Å². The van der Waals surface area contributed by atoms with Crippen LogP contribution in [0.1, 0.15) is 12.0 Å². The monoisotopic (exact) mass is 233 g/mol. The van der Waals surface area contributed by atoms with E-state index in [0.717, 1.165) is 18.7 Å². The van der Waals surface area contributed by atoms with Crippen LogP contribution in [0.2, 0.25) is 0 Å². The number of hydrogen-bond acceptors (Lipinski definition) is 3. The van der Waals surface area contributed by atoms with Gasteiger partial charge >= 0.3 is 0 Å². The van der Waals surface area contributed by atoms with Gasteiger partial charge in [-0.05, 0) is 24.5 Å². The molecule has 17 heavy (non-hydrogen) atoms. The lowest BCUT2D eigenvalue weighted by molar-refractivity contribution is -0.119. The molecule has 2 rings (SSSR count). The second-order valence-electron chi connectivity index (χ2n) is 4.37. The number of nitrogens with zero attached hydrogens (tertiary/aromatic N) is 1. The highest BCUT2D eigenvalue weighted by Crippen LogP contribution is 2.32. The number of aryl methyl sites for hydroxylation is 1. The van der Waals surface area contributed by atoms with Crippen molar-refractivity contribution in [3.63, 3.8) is 0 Å². The van der Waals surface area contributed by atoms with E-state index in [1.54, 1.807) is 7.05 Å². The number of fused-ring (bicyclic) bond motifs is 1. The third-order valence-electron chi connectivity index (χ3n) is 3.12. The predicted molar refractivity (Wildman–Crippen MR) is 70.6 cm³/mol. The quantitative estimate of drug-likeness (QED) is 0.825. The maximum atomic E-state index is 11.4. The highest BCUT2D eigenvalue weighted by molar-refractivity contribution is 5.83. The van der Waals surface area contributed by atoms with Crippen LogP contribution < -0.4 is 15.5 Å². The van der Waals surface area contributed by atoms with E-state index in [4.69, 9.17) is 0 Å². The third kappa shape index (κ3) is 2.52. The van der Waals surface area contributed by atoms with Crippen LogP contribution in [-0.2, 0) is 11.2 Å². The zero-order valence-electron chi connectivity index (χ0n) is 10.4. The molecule has 0 spiro atoms. The maximum Gasteiger partial charge on any atom is 0.239 e. The number of rotatable bonds is 3. The minimum atomic E-state index is 0.0286. The summed E-state index contributed by atoms with van der Waals surface area (Å²) in [5.41, 5.74) is 3.63. The van der Waals surface area contributed by atoms with Crippen molar-refractivity contribution in [3.05, 3.63) is 23.8 Å². The molecule has 4 heteroatoms. The smallest absolute Gasteiger partial charge is 0.239 e. The predicted octanol–water partition coefficient (Wildman–Crippen LogP) is 1.23. The Bertz CT molecular complexity index is 417. The van der Waals surface area contributed by atoms with Gasteiger partial charge in [0.1, 0.15) is 0 Å². The molecule has 0 unspecified atom stereocenters. The molecule has 4 nitrogen and oxygen atoms in total. The van der Waals surface area contributed by atoms with Gasteiger partial charge in [0, 0.05) is 20.6 Å². The molecule has 0 saturated carbocycles. The van der Waals surface area contributed by atoms with E-state index in [1.807, 2.05) is 11.9 Å². The van der Waals surface area contributed by atoms with Crippen LogP contribution >= 0.6 is 0 Å². The number of anilines is 2. The highest BCUT2D eigenvalue weighted by Gasteiger charge is 2.15. The highest BCUT2D eigenvalue weighted by atomic mass is 16.1. The lowest BCUT2D eigenvalue weighted by Crippen LogP contribution is -2.33. The number of para-hydroxylation sites is 1. The van der Waals surface area contributed by atoms with Crippen LogP contribution in [0.3, 0.4) is 0 Å². The Labute approximate surface area is 102 Å². The van der Waals surface area contributed by atoms with Gasteiger partial charge in [-0.25, -0.2) is 0 Å². The first-order chi connectivity index (χ1) is 8.22. The van der Waals surface area contributed by atoms with Crippen LogP contribution in [-0.4, -0.2) is 33.1 Å². The largest absolute Gasteiger partial charge is 0.383 e. The molecule has 1 aliphatic rings. The zero-order chi connectivity index (χ0) is 12.3. The lowest BCUT2D eigenvalue weighted by atomic mass is 10.0. The van der Waals surface area contributed by atoms with Gasteiger partial charge in [-0.2, -0.15) is 0 Å². The normalized spacial score (nSPS) is 13.5. The Kier molecular flexibility index (Phi) is 3.52. The third-order valence-corrected chi connectivity index (χ3v) is 3.12. The van der Waals surface area contributed by atoms with Gasteiger partial charge in [-0.1, -0.05) is 12.1 Å². The number of amides is 1. The van der Waals surface area contributed by atoms with Gasteiger partial charge < -0.3 is 15.5 Å². The Balaban J connectivity index is 2.22. The van der Waals surface area contributed by atoms with E-state index in [2.05, 4.69) is 28.8 Å². The first-order valence-electron chi connectivity index (χ1n) is 6.00. The Hall–Kier alpha value is -1.71. The van der Waals surface area contributed by atoms with Crippen molar-refractivity contribution in [1.29, 1.82) is 0 Å². The van der Waals surface area contributed by atoms with E-state index < -0.39 is 0 Å². The van der Waals surface area contributed by atoms with Gasteiger partial charge in [-0.15, -0.1) is 0 Å². The van der Waals surface area contributed by atoms with Crippen LogP contribution in [0.4, 0.5) is 11.4 Å². The van der Waals surface area contributed by atoms with Crippen molar-refractivity contribution in [2.24, 2.45) is 0 Å².